The minimum Gasteiger partial charge on any atom is -0.340 e. The fraction of sp³-hybridized carbons (Fsp3) is 0.500. The zero-order valence-electron chi connectivity index (χ0n) is 9.15. The van der Waals surface area contributed by atoms with Gasteiger partial charge in [0, 0.05) is 6.08 Å². The molecule has 0 rings (SSSR count). The molecule has 0 bridgehead atoms. The number of carbonyl (C=O) groups excluding carboxylic acids is 1. The second-order valence-corrected chi connectivity index (χ2v) is 4.03. The summed E-state index contributed by atoms with van der Waals surface area (Å²) in [6, 6.07) is 0. The van der Waals surface area contributed by atoms with Crippen LogP contribution in [-0.4, -0.2) is 14.7 Å². The molecular weight excluding hydrogens is 216 g/mol. The number of rotatable bonds is 5. The normalized spacial score (nSPS) is 13.2. The SMILES string of the molecule is CC(C)=CCC/C(C)=C/C(=O)OS(=O)O. The Labute approximate surface area is 92.5 Å². The van der Waals surface area contributed by atoms with Crippen LogP contribution in [0.5, 0.6) is 0 Å². The van der Waals surface area contributed by atoms with Crippen molar-refractivity contribution < 1.29 is 17.7 Å². The van der Waals surface area contributed by atoms with Crippen molar-refractivity contribution in [3.05, 3.63) is 23.3 Å². The quantitative estimate of drug-likeness (QED) is 0.449. The molecule has 86 valence electrons. The molecule has 0 aromatic heterocycles. The standard InChI is InChI=1S/C10H16O4S/c1-8(2)5-4-6-9(3)7-10(11)14-15(12)13/h5,7H,4,6H2,1-3H3,(H,12,13)/b9-7+. The molecule has 0 fully saturated rings. The highest BCUT2D eigenvalue weighted by molar-refractivity contribution is 7.74. The maximum atomic E-state index is 10.9. The number of hydrogen-bond donors (Lipinski definition) is 1. The van der Waals surface area contributed by atoms with Gasteiger partial charge >= 0.3 is 17.3 Å². The van der Waals surface area contributed by atoms with E-state index < -0.39 is 17.3 Å². The first kappa shape index (κ1) is 14.1. The Morgan fingerprint density at radius 1 is 1.40 bits per heavy atom. The van der Waals surface area contributed by atoms with Crippen LogP contribution in [0.1, 0.15) is 33.6 Å². The van der Waals surface area contributed by atoms with Gasteiger partial charge < -0.3 is 4.18 Å². The Morgan fingerprint density at radius 2 is 2.00 bits per heavy atom. The van der Waals surface area contributed by atoms with Crippen molar-refractivity contribution in [2.45, 2.75) is 33.6 Å². The van der Waals surface area contributed by atoms with Gasteiger partial charge in [-0.05, 0) is 33.6 Å². The highest BCUT2D eigenvalue weighted by Crippen LogP contribution is 2.06. The lowest BCUT2D eigenvalue weighted by Crippen LogP contribution is -2.03. The van der Waals surface area contributed by atoms with E-state index in [0.29, 0.717) is 0 Å². The van der Waals surface area contributed by atoms with Crippen LogP contribution >= 0.6 is 0 Å². The van der Waals surface area contributed by atoms with E-state index in [1.54, 1.807) is 6.92 Å². The Morgan fingerprint density at radius 3 is 2.47 bits per heavy atom. The smallest absolute Gasteiger partial charge is 0.340 e. The minimum atomic E-state index is -2.53. The predicted octanol–water partition coefficient (Wildman–Crippen LogP) is 2.36. The summed E-state index contributed by atoms with van der Waals surface area (Å²) in [5.41, 5.74) is 2.05. The van der Waals surface area contributed by atoms with Gasteiger partial charge in [0.2, 0.25) is 0 Å². The minimum absolute atomic E-state index is 0.734. The largest absolute Gasteiger partial charge is 0.360 e. The lowest BCUT2D eigenvalue weighted by atomic mass is 10.1. The summed E-state index contributed by atoms with van der Waals surface area (Å²) in [5, 5.41) is 0. The summed E-state index contributed by atoms with van der Waals surface area (Å²) < 4.78 is 22.4. The van der Waals surface area contributed by atoms with Crippen molar-refractivity contribution in [1.82, 2.24) is 0 Å². The van der Waals surface area contributed by atoms with Crippen LogP contribution in [0.15, 0.2) is 23.3 Å². The lowest BCUT2D eigenvalue weighted by Gasteiger charge is -1.98. The maximum Gasteiger partial charge on any atom is 0.360 e. The zero-order valence-corrected chi connectivity index (χ0v) is 9.97. The van der Waals surface area contributed by atoms with Gasteiger partial charge in [0.25, 0.3) is 0 Å². The third-order valence-electron chi connectivity index (χ3n) is 1.61. The first-order valence-corrected chi connectivity index (χ1v) is 5.58. The third kappa shape index (κ3) is 9.37. The van der Waals surface area contributed by atoms with Gasteiger partial charge in [-0.2, -0.15) is 4.21 Å². The van der Waals surface area contributed by atoms with Crippen LogP contribution in [0.3, 0.4) is 0 Å². The molecule has 1 unspecified atom stereocenters. The van der Waals surface area contributed by atoms with E-state index >= 15 is 0 Å². The maximum absolute atomic E-state index is 10.9. The van der Waals surface area contributed by atoms with Crippen molar-refractivity contribution >= 4 is 17.3 Å². The molecule has 0 heterocycles. The molecule has 0 aliphatic heterocycles. The first-order valence-electron chi connectivity index (χ1n) is 4.55. The summed E-state index contributed by atoms with van der Waals surface area (Å²) in [4.78, 5) is 10.9. The Bertz CT molecular complexity index is 301. The van der Waals surface area contributed by atoms with Crippen LogP contribution in [0.2, 0.25) is 0 Å². The molecule has 0 aromatic rings. The summed E-state index contributed by atoms with van der Waals surface area (Å²) in [6.45, 7) is 5.78. The Hall–Kier alpha value is -0.940. The highest BCUT2D eigenvalue weighted by Gasteiger charge is 2.02. The molecule has 0 saturated carbocycles. The molecule has 0 spiro atoms. The van der Waals surface area contributed by atoms with E-state index in [9.17, 15) is 9.00 Å². The fourth-order valence-corrected chi connectivity index (χ4v) is 1.14. The van der Waals surface area contributed by atoms with E-state index in [2.05, 4.69) is 10.3 Å². The molecule has 15 heavy (non-hydrogen) atoms. The molecule has 5 heteroatoms. The first-order chi connectivity index (χ1) is 6.91. The van der Waals surface area contributed by atoms with Gasteiger partial charge in [-0.1, -0.05) is 17.2 Å². The number of allylic oxidation sites excluding steroid dienone is 3. The van der Waals surface area contributed by atoms with Crippen molar-refractivity contribution in [3.8, 4) is 0 Å². The molecule has 4 nitrogen and oxygen atoms in total. The zero-order chi connectivity index (χ0) is 11.8. The molecule has 0 aliphatic carbocycles. The monoisotopic (exact) mass is 232 g/mol. The van der Waals surface area contributed by atoms with Gasteiger partial charge in [0.05, 0.1) is 0 Å². The lowest BCUT2D eigenvalue weighted by molar-refractivity contribution is -0.128. The van der Waals surface area contributed by atoms with E-state index in [0.717, 1.165) is 18.4 Å². The van der Waals surface area contributed by atoms with Crippen LogP contribution in [0.4, 0.5) is 0 Å². The van der Waals surface area contributed by atoms with E-state index in [1.165, 1.54) is 11.6 Å². The molecule has 1 atom stereocenters. The van der Waals surface area contributed by atoms with Crippen LogP contribution in [-0.2, 0) is 20.3 Å². The van der Waals surface area contributed by atoms with E-state index in [4.69, 9.17) is 4.55 Å². The summed E-state index contributed by atoms with van der Waals surface area (Å²) in [7, 11) is 0. The van der Waals surface area contributed by atoms with Crippen molar-refractivity contribution in [2.75, 3.05) is 0 Å². The third-order valence-corrected chi connectivity index (χ3v) is 1.92. The second-order valence-electron chi connectivity index (χ2n) is 3.43. The van der Waals surface area contributed by atoms with Gasteiger partial charge in [-0.3, -0.25) is 4.55 Å². The summed E-state index contributed by atoms with van der Waals surface area (Å²) in [5.74, 6) is -0.787. The molecule has 1 N–H and O–H groups in total. The molecule has 0 aromatic carbocycles. The highest BCUT2D eigenvalue weighted by atomic mass is 32.2. The average molecular weight is 232 g/mol. The topological polar surface area (TPSA) is 63.6 Å². The van der Waals surface area contributed by atoms with Gasteiger partial charge in [0.1, 0.15) is 0 Å². The van der Waals surface area contributed by atoms with Crippen LogP contribution in [0, 0.1) is 0 Å². The van der Waals surface area contributed by atoms with Crippen molar-refractivity contribution in [3.63, 3.8) is 0 Å². The summed E-state index contributed by atoms with van der Waals surface area (Å²) >= 11 is -2.53. The summed E-state index contributed by atoms with van der Waals surface area (Å²) in [6.07, 6.45) is 4.87. The van der Waals surface area contributed by atoms with E-state index in [-0.39, 0.29) is 0 Å². The Balaban J connectivity index is 4.03. The van der Waals surface area contributed by atoms with Gasteiger partial charge in [-0.15, -0.1) is 0 Å². The van der Waals surface area contributed by atoms with E-state index in [1.807, 2.05) is 13.8 Å². The van der Waals surface area contributed by atoms with Gasteiger partial charge in [-0.25, -0.2) is 4.79 Å². The number of carbonyl (C=O) groups is 1. The predicted molar refractivity (Wildman–Crippen MR) is 59.3 cm³/mol. The number of hydrogen-bond acceptors (Lipinski definition) is 3. The molecule has 0 saturated heterocycles. The van der Waals surface area contributed by atoms with Gasteiger partial charge in [0.15, 0.2) is 0 Å². The molecule has 0 aliphatic rings. The average Bonchev–Trinajstić information content (AvgIpc) is 2.00. The molecule has 0 amide bonds. The second kappa shape index (κ2) is 7.36. The fourth-order valence-electron chi connectivity index (χ4n) is 0.956. The van der Waals surface area contributed by atoms with Crippen LogP contribution < -0.4 is 0 Å². The Kier molecular flexibility index (Phi) is 6.90. The molecule has 0 radical (unpaired) electrons. The van der Waals surface area contributed by atoms with Crippen LogP contribution in [0.25, 0.3) is 0 Å². The molecular formula is C10H16O4S. The van der Waals surface area contributed by atoms with Crippen molar-refractivity contribution in [2.24, 2.45) is 0 Å². The van der Waals surface area contributed by atoms with Crippen molar-refractivity contribution in [1.29, 1.82) is 0 Å².